The molecule has 1 heterocycles. The highest BCUT2D eigenvalue weighted by molar-refractivity contribution is 9.09. The Hall–Kier alpha value is -0.330. The van der Waals surface area contributed by atoms with Crippen LogP contribution in [0.1, 0.15) is 38.2 Å². The summed E-state index contributed by atoms with van der Waals surface area (Å²) in [6.45, 7) is 2.66. The van der Waals surface area contributed by atoms with Crippen LogP contribution in [0.25, 0.3) is 0 Å². The lowest BCUT2D eigenvalue weighted by atomic mass is 10.1. The van der Waals surface area contributed by atoms with Gasteiger partial charge in [-0.1, -0.05) is 71.4 Å². The Morgan fingerprint density at radius 3 is 2.83 bits per heavy atom. The van der Waals surface area contributed by atoms with E-state index < -0.39 is 17.9 Å². The highest BCUT2D eigenvalue weighted by Crippen LogP contribution is 2.40. The minimum absolute atomic E-state index is 0.123. The monoisotopic (exact) mass is 438 g/mol. The molecule has 0 aromatic heterocycles. The van der Waals surface area contributed by atoms with Crippen LogP contribution >= 0.6 is 39.1 Å². The molecular weight excluding hydrogens is 419 g/mol. The molecule has 134 valence electrons. The maximum Gasteiger partial charge on any atom is 0.337 e. The second-order valence-electron chi connectivity index (χ2n) is 5.66. The van der Waals surface area contributed by atoms with Crippen molar-refractivity contribution in [2.24, 2.45) is 0 Å². The first kappa shape index (κ1) is 20.0. The first-order chi connectivity index (χ1) is 11.5. The van der Waals surface area contributed by atoms with E-state index in [0.717, 1.165) is 25.7 Å². The summed E-state index contributed by atoms with van der Waals surface area (Å²) in [5.74, 6) is -1.52. The Labute approximate surface area is 160 Å². The number of hydrogen-bond acceptors (Lipinski definition) is 4. The number of carbonyl (C=O) groups excluding carboxylic acids is 1. The van der Waals surface area contributed by atoms with E-state index in [1.54, 1.807) is 18.2 Å². The minimum Gasteiger partial charge on any atom is -0.464 e. The number of alkyl halides is 1. The summed E-state index contributed by atoms with van der Waals surface area (Å²) >= 11 is 15.6. The third-order valence-electron chi connectivity index (χ3n) is 3.82. The normalized spacial score (nSPS) is 23.4. The average molecular weight is 440 g/mol. The molecule has 0 amide bonds. The van der Waals surface area contributed by atoms with Crippen LogP contribution in [0.2, 0.25) is 10.0 Å². The first-order valence-corrected chi connectivity index (χ1v) is 9.90. The lowest BCUT2D eigenvalue weighted by molar-refractivity contribution is -0.177. The van der Waals surface area contributed by atoms with E-state index >= 15 is 0 Å². The van der Waals surface area contributed by atoms with Crippen molar-refractivity contribution in [2.75, 3.05) is 18.5 Å². The van der Waals surface area contributed by atoms with Crippen LogP contribution in [-0.4, -0.2) is 30.6 Å². The average Bonchev–Trinajstić information content (AvgIpc) is 3.00. The Bertz CT molecular complexity index is 570. The van der Waals surface area contributed by atoms with E-state index in [9.17, 15) is 4.79 Å². The standard InChI is InChI=1S/C17H21BrCl2O4/c1-2-3-4-5-8-22-16(21)15-10-23-17(11-18,24-15)13-7-6-12(19)9-14(13)20/h6-7,9,15H,2-5,8,10-11H2,1H3/t15-,17+/m0/s1. The van der Waals surface area contributed by atoms with Gasteiger partial charge in [-0.05, 0) is 18.6 Å². The van der Waals surface area contributed by atoms with Gasteiger partial charge in [0.1, 0.15) is 0 Å². The molecule has 0 saturated carbocycles. The van der Waals surface area contributed by atoms with Gasteiger partial charge in [0.15, 0.2) is 6.10 Å². The number of halogens is 3. The number of benzene rings is 1. The Balaban J connectivity index is 1.97. The number of rotatable bonds is 8. The summed E-state index contributed by atoms with van der Waals surface area (Å²) in [7, 11) is 0. The molecule has 2 rings (SSSR count). The smallest absolute Gasteiger partial charge is 0.337 e. The molecule has 0 bridgehead atoms. The molecule has 2 atom stereocenters. The van der Waals surface area contributed by atoms with Gasteiger partial charge in [-0.2, -0.15) is 0 Å². The first-order valence-electron chi connectivity index (χ1n) is 8.02. The molecule has 0 radical (unpaired) electrons. The number of unbranched alkanes of at least 4 members (excludes halogenated alkanes) is 3. The van der Waals surface area contributed by atoms with Gasteiger partial charge in [0.2, 0.25) is 5.79 Å². The molecule has 7 heteroatoms. The van der Waals surface area contributed by atoms with E-state index in [4.69, 9.17) is 37.4 Å². The maximum atomic E-state index is 12.2. The fourth-order valence-electron chi connectivity index (χ4n) is 2.50. The molecule has 1 aromatic rings. The van der Waals surface area contributed by atoms with Gasteiger partial charge in [-0.15, -0.1) is 0 Å². The SMILES string of the molecule is CCCCCCOC(=O)[C@@H]1CO[C@@](CBr)(c2ccc(Cl)cc2Cl)O1. The quantitative estimate of drug-likeness (QED) is 0.322. The van der Waals surface area contributed by atoms with Crippen molar-refractivity contribution in [3.63, 3.8) is 0 Å². The van der Waals surface area contributed by atoms with Gasteiger partial charge >= 0.3 is 5.97 Å². The highest BCUT2D eigenvalue weighted by atomic mass is 79.9. The van der Waals surface area contributed by atoms with Crippen molar-refractivity contribution in [1.82, 2.24) is 0 Å². The number of carbonyl (C=O) groups is 1. The number of hydrogen-bond donors (Lipinski definition) is 0. The van der Waals surface area contributed by atoms with Crippen molar-refractivity contribution in [1.29, 1.82) is 0 Å². The van der Waals surface area contributed by atoms with Crippen LogP contribution in [0.4, 0.5) is 0 Å². The zero-order valence-electron chi connectivity index (χ0n) is 13.5. The summed E-state index contributed by atoms with van der Waals surface area (Å²) in [6, 6.07) is 5.07. The summed E-state index contributed by atoms with van der Waals surface area (Å²) in [6.07, 6.45) is 3.43. The van der Waals surface area contributed by atoms with Crippen LogP contribution < -0.4 is 0 Å². The Kier molecular flexibility index (Phi) is 7.82. The predicted octanol–water partition coefficient (Wildman–Crippen LogP) is 5.08. The zero-order valence-corrected chi connectivity index (χ0v) is 16.6. The number of esters is 1. The van der Waals surface area contributed by atoms with Gasteiger partial charge in [-0.3, -0.25) is 0 Å². The third kappa shape index (κ3) is 4.85. The Morgan fingerprint density at radius 1 is 1.38 bits per heavy atom. The van der Waals surface area contributed by atoms with Crippen LogP contribution in [-0.2, 0) is 24.8 Å². The van der Waals surface area contributed by atoms with Gasteiger partial charge in [0.05, 0.1) is 23.6 Å². The molecule has 1 fully saturated rings. The molecule has 1 aromatic carbocycles. The minimum atomic E-state index is -1.12. The molecular formula is C17H21BrCl2O4. The summed E-state index contributed by atoms with van der Waals surface area (Å²) in [5, 5.41) is 1.28. The maximum absolute atomic E-state index is 12.2. The lowest BCUT2D eigenvalue weighted by Gasteiger charge is -2.27. The zero-order chi connectivity index (χ0) is 17.6. The molecule has 0 aliphatic carbocycles. The molecule has 4 nitrogen and oxygen atoms in total. The van der Waals surface area contributed by atoms with Crippen LogP contribution in [0.3, 0.4) is 0 Å². The third-order valence-corrected chi connectivity index (χ3v) is 5.11. The predicted molar refractivity (Wildman–Crippen MR) is 97.9 cm³/mol. The molecule has 0 spiro atoms. The second-order valence-corrected chi connectivity index (χ2v) is 7.06. The Morgan fingerprint density at radius 2 is 2.17 bits per heavy atom. The van der Waals surface area contributed by atoms with Gasteiger partial charge in [0, 0.05) is 10.6 Å². The van der Waals surface area contributed by atoms with Crippen LogP contribution in [0, 0.1) is 0 Å². The van der Waals surface area contributed by atoms with Crippen LogP contribution in [0.5, 0.6) is 0 Å². The van der Waals surface area contributed by atoms with E-state index in [-0.39, 0.29) is 6.61 Å². The molecule has 1 aliphatic rings. The van der Waals surface area contributed by atoms with E-state index in [1.807, 2.05) is 0 Å². The molecule has 24 heavy (non-hydrogen) atoms. The van der Waals surface area contributed by atoms with Gasteiger partial charge < -0.3 is 14.2 Å². The second kappa shape index (κ2) is 9.39. The molecule has 0 N–H and O–H groups in total. The molecule has 1 saturated heterocycles. The van der Waals surface area contributed by atoms with E-state index in [2.05, 4.69) is 22.9 Å². The van der Waals surface area contributed by atoms with E-state index in [1.165, 1.54) is 0 Å². The van der Waals surface area contributed by atoms with Crippen molar-refractivity contribution >= 4 is 45.1 Å². The van der Waals surface area contributed by atoms with Crippen molar-refractivity contribution < 1.29 is 19.0 Å². The summed E-state index contributed by atoms with van der Waals surface area (Å²) < 4.78 is 16.9. The molecule has 0 unspecified atom stereocenters. The fourth-order valence-corrected chi connectivity index (χ4v) is 3.65. The fraction of sp³-hybridized carbons (Fsp3) is 0.588. The van der Waals surface area contributed by atoms with Crippen molar-refractivity contribution in [3.8, 4) is 0 Å². The summed E-state index contributed by atoms with van der Waals surface area (Å²) in [5.41, 5.74) is 0.628. The van der Waals surface area contributed by atoms with E-state index in [0.29, 0.717) is 27.5 Å². The molecule has 1 aliphatic heterocycles. The lowest BCUT2D eigenvalue weighted by Crippen LogP contribution is -2.33. The van der Waals surface area contributed by atoms with Crippen molar-refractivity contribution in [3.05, 3.63) is 33.8 Å². The van der Waals surface area contributed by atoms with Crippen molar-refractivity contribution in [2.45, 2.75) is 44.5 Å². The largest absolute Gasteiger partial charge is 0.464 e. The topological polar surface area (TPSA) is 44.8 Å². The van der Waals surface area contributed by atoms with Gasteiger partial charge in [-0.25, -0.2) is 4.79 Å². The van der Waals surface area contributed by atoms with Gasteiger partial charge in [0.25, 0.3) is 0 Å². The number of ether oxygens (including phenoxy) is 3. The highest BCUT2D eigenvalue weighted by Gasteiger charge is 2.46. The van der Waals surface area contributed by atoms with Crippen LogP contribution in [0.15, 0.2) is 18.2 Å². The summed E-state index contributed by atoms with van der Waals surface area (Å²) in [4.78, 5) is 12.2.